The van der Waals surface area contributed by atoms with Crippen molar-refractivity contribution in [1.29, 1.82) is 0 Å². The topological polar surface area (TPSA) is 96.0 Å². The first-order valence-electron chi connectivity index (χ1n) is 11.5. The van der Waals surface area contributed by atoms with Gasteiger partial charge in [0.25, 0.3) is 0 Å². The first-order chi connectivity index (χ1) is 16.6. The van der Waals surface area contributed by atoms with Crippen LogP contribution in [0, 0.1) is 0 Å². The number of nitrogens with zero attached hydrogens (tertiary/aromatic N) is 2. The van der Waals surface area contributed by atoms with Crippen molar-refractivity contribution < 1.29 is 22.7 Å². The fraction of sp³-hybridized carbons (Fsp3) is 0.440. The molecule has 0 saturated carbocycles. The molecule has 0 aromatic heterocycles. The zero-order chi connectivity index (χ0) is 26.0. The van der Waals surface area contributed by atoms with E-state index in [0.29, 0.717) is 29.4 Å². The Hall–Kier alpha value is -2.78. The van der Waals surface area contributed by atoms with Crippen LogP contribution in [-0.2, 0) is 26.2 Å². The lowest BCUT2D eigenvalue weighted by atomic mass is 10.1. The van der Waals surface area contributed by atoms with Crippen molar-refractivity contribution in [2.24, 2.45) is 0 Å². The van der Waals surface area contributed by atoms with Gasteiger partial charge in [0, 0.05) is 31.1 Å². The van der Waals surface area contributed by atoms with Gasteiger partial charge < -0.3 is 15.0 Å². The molecular weight excluding hydrogens is 490 g/mol. The molecule has 0 aliphatic heterocycles. The monoisotopic (exact) mass is 523 g/mol. The van der Waals surface area contributed by atoms with Crippen molar-refractivity contribution in [3.05, 3.63) is 59.1 Å². The van der Waals surface area contributed by atoms with Crippen molar-refractivity contribution in [3.63, 3.8) is 0 Å². The minimum Gasteiger partial charge on any atom is -0.497 e. The number of nitrogens with one attached hydrogen (secondary N) is 1. The third-order valence-electron chi connectivity index (χ3n) is 5.55. The molecule has 0 fully saturated rings. The number of sulfonamides is 1. The Morgan fingerprint density at radius 3 is 2.29 bits per heavy atom. The van der Waals surface area contributed by atoms with E-state index in [1.54, 1.807) is 36.4 Å². The Bertz CT molecular complexity index is 1090. The van der Waals surface area contributed by atoms with E-state index in [1.165, 1.54) is 16.3 Å². The van der Waals surface area contributed by atoms with Gasteiger partial charge in [0.05, 0.1) is 19.1 Å². The number of hydrogen-bond donors (Lipinski definition) is 1. The average molecular weight is 524 g/mol. The fourth-order valence-electron chi connectivity index (χ4n) is 3.77. The van der Waals surface area contributed by atoms with Gasteiger partial charge >= 0.3 is 0 Å². The van der Waals surface area contributed by atoms with Crippen molar-refractivity contribution in [3.8, 4) is 5.75 Å². The molecule has 0 unspecified atom stereocenters. The molecule has 1 N–H and O–H groups in total. The summed E-state index contributed by atoms with van der Waals surface area (Å²) in [4.78, 5) is 27.6. The third-order valence-corrected chi connectivity index (χ3v) is 7.11. The van der Waals surface area contributed by atoms with Crippen LogP contribution in [-0.4, -0.2) is 57.6 Å². The normalized spacial score (nSPS) is 12.0. The van der Waals surface area contributed by atoms with Gasteiger partial charge in [-0.05, 0) is 55.7 Å². The van der Waals surface area contributed by atoms with Crippen LogP contribution >= 0.6 is 11.6 Å². The van der Waals surface area contributed by atoms with Crippen molar-refractivity contribution in [2.45, 2.75) is 45.7 Å². The number of amides is 2. The molecule has 0 aliphatic carbocycles. The maximum atomic E-state index is 13.3. The van der Waals surface area contributed by atoms with Gasteiger partial charge in [-0.15, -0.1) is 0 Å². The van der Waals surface area contributed by atoms with Crippen molar-refractivity contribution >= 4 is 39.1 Å². The zero-order valence-electron chi connectivity index (χ0n) is 20.7. The second-order valence-electron chi connectivity index (χ2n) is 8.07. The van der Waals surface area contributed by atoms with Crippen LogP contribution in [0.5, 0.6) is 5.75 Å². The summed E-state index contributed by atoms with van der Waals surface area (Å²) >= 11 is 6.33. The summed E-state index contributed by atoms with van der Waals surface area (Å²) in [6, 6.07) is 13.2. The van der Waals surface area contributed by atoms with Gasteiger partial charge in [-0.25, -0.2) is 8.42 Å². The predicted molar refractivity (Wildman–Crippen MR) is 139 cm³/mol. The molecule has 2 rings (SSSR count). The van der Waals surface area contributed by atoms with Gasteiger partial charge in [0.1, 0.15) is 11.8 Å². The summed E-state index contributed by atoms with van der Waals surface area (Å²) in [5, 5.41) is 3.31. The number of carbonyl (C=O) groups is 2. The number of hydrogen-bond acceptors (Lipinski definition) is 5. The maximum Gasteiger partial charge on any atom is 0.242 e. The van der Waals surface area contributed by atoms with E-state index in [4.69, 9.17) is 16.3 Å². The van der Waals surface area contributed by atoms with E-state index in [0.717, 1.165) is 11.8 Å². The summed E-state index contributed by atoms with van der Waals surface area (Å²) < 4.78 is 31.2. The van der Waals surface area contributed by atoms with Crippen LogP contribution in [0.25, 0.3) is 0 Å². The second-order valence-corrected chi connectivity index (χ2v) is 10.4. The Morgan fingerprint density at radius 2 is 1.74 bits per heavy atom. The molecule has 8 nitrogen and oxygen atoms in total. The summed E-state index contributed by atoms with van der Waals surface area (Å²) in [5.74, 6) is 0.140. The van der Waals surface area contributed by atoms with E-state index in [2.05, 4.69) is 5.32 Å². The average Bonchev–Trinajstić information content (AvgIpc) is 2.82. The molecule has 0 saturated heterocycles. The van der Waals surface area contributed by atoms with Crippen LogP contribution < -0.4 is 14.4 Å². The first kappa shape index (κ1) is 28.5. The Balaban J connectivity index is 2.20. The SMILES string of the molecule is CCNC(=O)[C@@H](CC)N(Cc1ccccc1Cl)C(=O)CCCN(c1ccc(OC)cc1)S(C)(=O)=O. The molecule has 192 valence electrons. The lowest BCUT2D eigenvalue weighted by Gasteiger charge is -2.31. The maximum absolute atomic E-state index is 13.3. The van der Waals surface area contributed by atoms with Crippen LogP contribution in [0.1, 0.15) is 38.7 Å². The summed E-state index contributed by atoms with van der Waals surface area (Å²) in [7, 11) is -2.03. The van der Waals surface area contributed by atoms with Crippen molar-refractivity contribution in [2.75, 3.05) is 30.8 Å². The zero-order valence-corrected chi connectivity index (χ0v) is 22.2. The Morgan fingerprint density at radius 1 is 1.09 bits per heavy atom. The van der Waals surface area contributed by atoms with Gasteiger partial charge in [0.2, 0.25) is 21.8 Å². The van der Waals surface area contributed by atoms with Crippen molar-refractivity contribution in [1.82, 2.24) is 10.2 Å². The van der Waals surface area contributed by atoms with E-state index in [-0.39, 0.29) is 37.7 Å². The molecular formula is C25H34ClN3O5S. The molecule has 10 heteroatoms. The molecule has 2 aromatic carbocycles. The van der Waals surface area contributed by atoms with Gasteiger partial charge in [-0.3, -0.25) is 13.9 Å². The highest BCUT2D eigenvalue weighted by atomic mass is 35.5. The minimum atomic E-state index is -3.57. The van der Waals surface area contributed by atoms with Crippen LogP contribution in [0.4, 0.5) is 5.69 Å². The first-order valence-corrected chi connectivity index (χ1v) is 13.8. The van der Waals surface area contributed by atoms with Crippen LogP contribution in [0.2, 0.25) is 5.02 Å². The number of likely N-dealkylation sites (N-methyl/N-ethyl adjacent to an activating group) is 1. The van der Waals surface area contributed by atoms with Gasteiger partial charge in [-0.1, -0.05) is 36.7 Å². The van der Waals surface area contributed by atoms with Gasteiger partial charge in [-0.2, -0.15) is 0 Å². The van der Waals surface area contributed by atoms with Gasteiger partial charge in [0.15, 0.2) is 0 Å². The van der Waals surface area contributed by atoms with Crippen LogP contribution in [0.3, 0.4) is 0 Å². The number of benzene rings is 2. The standard InChI is InChI=1S/C25H34ClN3O5S/c1-5-23(25(31)27-6-2)28(18-19-10-7-8-11-22(19)26)24(30)12-9-17-29(35(4,32)33)20-13-15-21(34-3)16-14-20/h7-8,10-11,13-16,23H,5-6,9,12,17-18H2,1-4H3,(H,27,31)/t23-/m1/s1. The second kappa shape index (κ2) is 13.3. The summed E-state index contributed by atoms with van der Waals surface area (Å²) in [6.07, 6.45) is 1.92. The Kier molecular flexibility index (Phi) is 10.9. The number of methoxy groups -OCH3 is 1. The van der Waals surface area contributed by atoms with Crippen LogP contribution in [0.15, 0.2) is 48.5 Å². The number of anilines is 1. The molecule has 1 atom stereocenters. The molecule has 0 heterocycles. The quantitative estimate of drug-likeness (QED) is 0.430. The third kappa shape index (κ3) is 8.14. The lowest BCUT2D eigenvalue weighted by Crippen LogP contribution is -2.49. The molecule has 0 aliphatic rings. The molecule has 0 radical (unpaired) electrons. The largest absolute Gasteiger partial charge is 0.497 e. The summed E-state index contributed by atoms with van der Waals surface area (Å²) in [5.41, 5.74) is 1.23. The van der Waals surface area contributed by atoms with E-state index in [9.17, 15) is 18.0 Å². The highest BCUT2D eigenvalue weighted by Gasteiger charge is 2.29. The number of carbonyl (C=O) groups excluding carboxylic acids is 2. The fourth-order valence-corrected chi connectivity index (χ4v) is 4.93. The number of halogens is 1. The van der Waals surface area contributed by atoms with E-state index < -0.39 is 16.1 Å². The molecule has 35 heavy (non-hydrogen) atoms. The summed E-state index contributed by atoms with van der Waals surface area (Å²) in [6.45, 7) is 4.43. The molecule has 2 amide bonds. The predicted octanol–water partition coefficient (Wildman–Crippen LogP) is 3.84. The smallest absolute Gasteiger partial charge is 0.242 e. The molecule has 0 bridgehead atoms. The highest BCUT2D eigenvalue weighted by Crippen LogP contribution is 2.23. The highest BCUT2D eigenvalue weighted by molar-refractivity contribution is 7.92. The minimum absolute atomic E-state index is 0.0720. The van der Waals surface area contributed by atoms with E-state index in [1.807, 2.05) is 26.0 Å². The molecule has 2 aromatic rings. The molecule has 0 spiro atoms. The number of rotatable bonds is 13. The lowest BCUT2D eigenvalue weighted by molar-refractivity contribution is -0.141. The van der Waals surface area contributed by atoms with E-state index >= 15 is 0 Å². The number of ether oxygens (including phenoxy) is 1. The Labute approximate surface area is 213 Å².